The van der Waals surface area contributed by atoms with Crippen LogP contribution in [-0.4, -0.2) is 30.8 Å². The number of nitrogens with one attached hydrogen (secondary N) is 1. The Kier molecular flexibility index (Phi) is 4.36. The smallest absolute Gasteiger partial charge is 0.320 e. The van der Waals surface area contributed by atoms with Crippen molar-refractivity contribution in [1.29, 1.82) is 0 Å². The first kappa shape index (κ1) is 13.4. The molecule has 0 amide bonds. The number of carboxylic acid groups (broad SMARTS) is 1. The average molecular weight is 259 g/mol. The number of likely N-dealkylation sites (N-methyl/N-ethyl adjacent to an activating group) is 1. The van der Waals surface area contributed by atoms with Gasteiger partial charge in [-0.05, 0) is 30.0 Å². The van der Waals surface area contributed by atoms with E-state index < -0.39 is 12.0 Å². The summed E-state index contributed by atoms with van der Waals surface area (Å²) in [6, 6.07) is 13.3. The molecule has 2 rings (SSSR count). The van der Waals surface area contributed by atoms with Crippen LogP contribution >= 0.6 is 0 Å². The summed E-state index contributed by atoms with van der Waals surface area (Å²) in [5.74, 6) is -0.0939. The molecule has 0 heterocycles. The zero-order valence-electron chi connectivity index (χ0n) is 10.8. The lowest BCUT2D eigenvalue weighted by atomic mass is 10.1. The van der Waals surface area contributed by atoms with Crippen molar-refractivity contribution in [2.45, 2.75) is 12.5 Å². The van der Waals surface area contributed by atoms with Crippen LogP contribution in [-0.2, 0) is 4.79 Å². The third-order valence-corrected chi connectivity index (χ3v) is 3.04. The second-order valence-corrected chi connectivity index (χ2v) is 4.33. The predicted octanol–water partition coefficient (Wildman–Crippen LogP) is 2.28. The van der Waals surface area contributed by atoms with E-state index in [2.05, 4.69) is 5.32 Å². The fourth-order valence-corrected chi connectivity index (χ4v) is 1.94. The van der Waals surface area contributed by atoms with Gasteiger partial charge < -0.3 is 15.2 Å². The minimum Gasteiger partial charge on any atom is -0.493 e. The van der Waals surface area contributed by atoms with Crippen LogP contribution in [0.2, 0.25) is 0 Å². The molecule has 0 aromatic heterocycles. The van der Waals surface area contributed by atoms with E-state index in [1.165, 1.54) is 0 Å². The van der Waals surface area contributed by atoms with Crippen LogP contribution in [0.3, 0.4) is 0 Å². The molecule has 0 aliphatic carbocycles. The van der Waals surface area contributed by atoms with E-state index in [1.54, 1.807) is 7.05 Å². The molecule has 0 fully saturated rings. The molecule has 1 atom stereocenters. The first-order valence-corrected chi connectivity index (χ1v) is 6.22. The Balaban J connectivity index is 1.96. The molecule has 100 valence electrons. The second-order valence-electron chi connectivity index (χ2n) is 4.33. The van der Waals surface area contributed by atoms with E-state index in [9.17, 15) is 4.79 Å². The van der Waals surface area contributed by atoms with E-state index in [4.69, 9.17) is 9.84 Å². The maximum atomic E-state index is 10.8. The molecule has 2 aromatic carbocycles. The van der Waals surface area contributed by atoms with Gasteiger partial charge in [-0.3, -0.25) is 4.79 Å². The number of aliphatic carboxylic acids is 1. The molecule has 2 N–H and O–H groups in total. The molecule has 19 heavy (non-hydrogen) atoms. The zero-order chi connectivity index (χ0) is 13.7. The van der Waals surface area contributed by atoms with E-state index in [-0.39, 0.29) is 0 Å². The summed E-state index contributed by atoms with van der Waals surface area (Å²) in [5, 5.41) is 13.9. The van der Waals surface area contributed by atoms with Gasteiger partial charge in [-0.2, -0.15) is 0 Å². The van der Waals surface area contributed by atoms with Gasteiger partial charge >= 0.3 is 5.97 Å². The van der Waals surface area contributed by atoms with Crippen molar-refractivity contribution in [2.75, 3.05) is 13.7 Å². The standard InChI is InChI=1S/C15H17NO3/c1-16-14(15(17)18)8-9-19-13-7-6-11-4-2-3-5-12(11)10-13/h2-7,10,14,16H,8-9H2,1H3,(H,17,18). The van der Waals surface area contributed by atoms with Crippen LogP contribution in [0.25, 0.3) is 10.8 Å². The van der Waals surface area contributed by atoms with Gasteiger partial charge in [0.1, 0.15) is 11.8 Å². The van der Waals surface area contributed by atoms with Crippen LogP contribution in [0.5, 0.6) is 5.75 Å². The minimum atomic E-state index is -0.857. The number of carboxylic acids is 1. The first-order valence-electron chi connectivity index (χ1n) is 6.22. The van der Waals surface area contributed by atoms with Crippen molar-refractivity contribution in [1.82, 2.24) is 5.32 Å². The van der Waals surface area contributed by atoms with E-state index in [1.807, 2.05) is 42.5 Å². The van der Waals surface area contributed by atoms with Crippen molar-refractivity contribution in [2.24, 2.45) is 0 Å². The highest BCUT2D eigenvalue weighted by atomic mass is 16.5. The summed E-state index contributed by atoms with van der Waals surface area (Å²) in [6.45, 7) is 0.371. The maximum Gasteiger partial charge on any atom is 0.320 e. The lowest BCUT2D eigenvalue weighted by Gasteiger charge is -2.12. The van der Waals surface area contributed by atoms with Crippen LogP contribution in [0.15, 0.2) is 42.5 Å². The summed E-state index contributed by atoms with van der Waals surface area (Å²) in [6.07, 6.45) is 0.429. The number of ether oxygens (including phenoxy) is 1. The van der Waals surface area contributed by atoms with Gasteiger partial charge in [-0.1, -0.05) is 30.3 Å². The van der Waals surface area contributed by atoms with Gasteiger partial charge in [0.2, 0.25) is 0 Å². The first-order chi connectivity index (χ1) is 9.20. The lowest BCUT2D eigenvalue weighted by molar-refractivity contribution is -0.139. The molecule has 1 unspecified atom stereocenters. The fraction of sp³-hybridized carbons (Fsp3) is 0.267. The van der Waals surface area contributed by atoms with Gasteiger partial charge in [0.25, 0.3) is 0 Å². The Labute approximate surface area is 112 Å². The Bertz CT molecular complexity index is 568. The third-order valence-electron chi connectivity index (χ3n) is 3.04. The Morgan fingerprint density at radius 3 is 2.68 bits per heavy atom. The largest absolute Gasteiger partial charge is 0.493 e. The molecule has 0 radical (unpaired) electrons. The van der Waals surface area contributed by atoms with Gasteiger partial charge in [0.05, 0.1) is 6.61 Å². The topological polar surface area (TPSA) is 58.6 Å². The Hall–Kier alpha value is -2.07. The van der Waals surface area contributed by atoms with Crippen molar-refractivity contribution in [3.8, 4) is 5.75 Å². The van der Waals surface area contributed by atoms with E-state index in [0.29, 0.717) is 13.0 Å². The predicted molar refractivity (Wildman–Crippen MR) is 74.5 cm³/mol. The average Bonchev–Trinajstić information content (AvgIpc) is 2.43. The van der Waals surface area contributed by atoms with E-state index >= 15 is 0 Å². The van der Waals surface area contributed by atoms with Crippen molar-refractivity contribution in [3.05, 3.63) is 42.5 Å². The fourth-order valence-electron chi connectivity index (χ4n) is 1.94. The minimum absolute atomic E-state index is 0.371. The summed E-state index contributed by atoms with van der Waals surface area (Å²) in [4.78, 5) is 10.8. The highest BCUT2D eigenvalue weighted by molar-refractivity contribution is 5.83. The van der Waals surface area contributed by atoms with Crippen LogP contribution < -0.4 is 10.1 Å². The van der Waals surface area contributed by atoms with Gasteiger partial charge in [0.15, 0.2) is 0 Å². The molecule has 0 spiro atoms. The Morgan fingerprint density at radius 2 is 2.00 bits per heavy atom. The molecule has 2 aromatic rings. The maximum absolute atomic E-state index is 10.8. The van der Waals surface area contributed by atoms with Crippen LogP contribution in [0.1, 0.15) is 6.42 Å². The van der Waals surface area contributed by atoms with Crippen molar-refractivity contribution < 1.29 is 14.6 Å². The number of fused-ring (bicyclic) bond motifs is 1. The van der Waals surface area contributed by atoms with Gasteiger partial charge in [-0.25, -0.2) is 0 Å². The summed E-state index contributed by atoms with van der Waals surface area (Å²) >= 11 is 0. The molecular weight excluding hydrogens is 242 g/mol. The number of benzene rings is 2. The Morgan fingerprint density at radius 1 is 1.26 bits per heavy atom. The quantitative estimate of drug-likeness (QED) is 0.835. The number of hydrogen-bond acceptors (Lipinski definition) is 3. The summed E-state index contributed by atoms with van der Waals surface area (Å²) < 4.78 is 5.59. The molecule has 0 bridgehead atoms. The number of rotatable bonds is 6. The second kappa shape index (κ2) is 6.20. The van der Waals surface area contributed by atoms with Gasteiger partial charge in [-0.15, -0.1) is 0 Å². The molecular formula is C15H17NO3. The summed E-state index contributed by atoms with van der Waals surface area (Å²) in [7, 11) is 1.63. The van der Waals surface area contributed by atoms with Gasteiger partial charge in [0, 0.05) is 6.42 Å². The molecule has 4 heteroatoms. The zero-order valence-corrected chi connectivity index (χ0v) is 10.8. The number of hydrogen-bond donors (Lipinski definition) is 2. The monoisotopic (exact) mass is 259 g/mol. The summed E-state index contributed by atoms with van der Waals surface area (Å²) in [5.41, 5.74) is 0. The SMILES string of the molecule is CNC(CCOc1ccc2ccccc2c1)C(=O)O. The van der Waals surface area contributed by atoms with E-state index in [0.717, 1.165) is 16.5 Å². The molecule has 0 aliphatic rings. The highest BCUT2D eigenvalue weighted by Crippen LogP contribution is 2.20. The third kappa shape index (κ3) is 3.45. The lowest BCUT2D eigenvalue weighted by Crippen LogP contribution is -2.35. The molecule has 0 saturated carbocycles. The highest BCUT2D eigenvalue weighted by Gasteiger charge is 2.14. The molecule has 4 nitrogen and oxygen atoms in total. The molecule has 0 saturated heterocycles. The normalized spacial score (nSPS) is 12.3. The van der Waals surface area contributed by atoms with Crippen molar-refractivity contribution in [3.63, 3.8) is 0 Å². The molecule has 0 aliphatic heterocycles. The van der Waals surface area contributed by atoms with Crippen LogP contribution in [0, 0.1) is 0 Å². The van der Waals surface area contributed by atoms with Crippen molar-refractivity contribution >= 4 is 16.7 Å². The van der Waals surface area contributed by atoms with Crippen LogP contribution in [0.4, 0.5) is 0 Å². The number of carbonyl (C=O) groups is 1.